The minimum Gasteiger partial charge on any atom is -0.691 e. The van der Waals surface area contributed by atoms with Gasteiger partial charge in [-0.1, -0.05) is 84.6 Å². The van der Waals surface area contributed by atoms with Crippen molar-refractivity contribution in [3.05, 3.63) is 154 Å². The molecular weight excluding hydrogens is 760 g/mol. The van der Waals surface area contributed by atoms with E-state index in [1.165, 1.54) is 16.8 Å². The molecule has 0 aliphatic carbocycles. The Bertz CT molecular complexity index is 2160. The van der Waals surface area contributed by atoms with Gasteiger partial charge in [0.15, 0.2) is 0 Å². The molecule has 1 aliphatic heterocycles. The molecule has 0 bridgehead atoms. The van der Waals surface area contributed by atoms with Crippen LogP contribution in [0.25, 0.3) is 0 Å². The third-order valence-corrected chi connectivity index (χ3v) is 11.1. The summed E-state index contributed by atoms with van der Waals surface area (Å²) in [4.78, 5) is 30.3. The van der Waals surface area contributed by atoms with Crippen molar-refractivity contribution < 1.29 is 32.8 Å². The van der Waals surface area contributed by atoms with Crippen LogP contribution in [-0.4, -0.2) is 55.1 Å². The first-order valence-electron chi connectivity index (χ1n) is 17.3. The predicted molar refractivity (Wildman–Crippen MR) is 212 cm³/mol. The van der Waals surface area contributed by atoms with Crippen LogP contribution in [0.15, 0.2) is 126 Å². The van der Waals surface area contributed by atoms with Gasteiger partial charge in [-0.3, -0.25) is 9.36 Å². The molecule has 15 heteroatoms. The maximum absolute atomic E-state index is 13.4. The lowest BCUT2D eigenvalue weighted by Gasteiger charge is -2.38. The average molecular weight is 798 g/mol. The second-order valence-corrected chi connectivity index (χ2v) is 17.3. The molecule has 55 heavy (non-hydrogen) atoms. The fraction of sp³-hybridized carbons (Fsp3) is 0.250. The van der Waals surface area contributed by atoms with E-state index in [4.69, 9.17) is 57.3 Å². The number of carbonyl (C=O) groups excluding carboxylic acids is 1. The van der Waals surface area contributed by atoms with Gasteiger partial charge in [-0.05, 0) is 59.2 Å². The molecule has 0 radical (unpaired) electrons. The van der Waals surface area contributed by atoms with E-state index >= 15 is 0 Å². The molecule has 1 fully saturated rings. The number of methoxy groups -OCH3 is 2. The summed E-state index contributed by atoms with van der Waals surface area (Å²) in [6.07, 6.45) is -0.720. The van der Waals surface area contributed by atoms with Crippen LogP contribution in [0.5, 0.6) is 11.5 Å². The molecule has 1 aliphatic rings. The summed E-state index contributed by atoms with van der Waals surface area (Å²) < 4.78 is 37.9. The molecule has 4 atom stereocenters. The number of anilines is 1. The Labute approximate surface area is 329 Å². The Morgan fingerprint density at radius 1 is 0.945 bits per heavy atom. The van der Waals surface area contributed by atoms with Crippen molar-refractivity contribution in [2.45, 2.75) is 36.9 Å². The van der Waals surface area contributed by atoms with Crippen LogP contribution in [0.4, 0.5) is 5.82 Å². The standard InChI is InChI=1S/C40H39N4O8PS2/c1-47-32-18-14-30(15-19-32)40(29-12-7-4-8-13-29,31-16-20-33(48-2)21-17-31)49-27-35-34(52-53(54,55)50-25-9-23-41)26-37(51-35)44-24-22-36(43-39(44)46)42-38(45)28-10-5-3-6-11-28/h3-8,10-22,24,34-35,37H,9,25-27H2,1-2H3,(H,54,55)(H,42,43,45,46)/p-1/t34-,35+,37+/m0/s1. The SMILES string of the molecule is COc1ccc(C(OC[C@H]2O[C@@H](n3ccc(NC(=O)c4ccccc4)nc3=O)C[C@@H]2OP(=S)([S-])OCCC#N)(c2ccccc2)c2ccc(OC)cc2)cc1. The normalized spacial score (nSPS) is 17.8. The zero-order valence-electron chi connectivity index (χ0n) is 30.0. The first-order valence-corrected chi connectivity index (χ1v) is 20.9. The lowest BCUT2D eigenvalue weighted by molar-refractivity contribution is -0.0914. The number of amides is 1. The maximum atomic E-state index is 13.4. The fourth-order valence-electron chi connectivity index (χ4n) is 6.29. The van der Waals surface area contributed by atoms with Gasteiger partial charge in [0.1, 0.15) is 35.2 Å². The Hall–Kier alpha value is -4.84. The number of benzene rings is 4. The van der Waals surface area contributed by atoms with Gasteiger partial charge in [-0.15, -0.1) is 0 Å². The molecular formula is C40H38N4O8PS2-. The summed E-state index contributed by atoms with van der Waals surface area (Å²) in [7, 11) is 3.21. The molecule has 4 aromatic carbocycles. The van der Waals surface area contributed by atoms with Crippen LogP contribution >= 0.6 is 5.69 Å². The highest BCUT2D eigenvalue weighted by Crippen LogP contribution is 2.51. The molecule has 1 unspecified atom stereocenters. The number of ether oxygens (including phenoxy) is 4. The van der Waals surface area contributed by atoms with E-state index in [1.807, 2.05) is 84.9 Å². The van der Waals surface area contributed by atoms with Gasteiger partial charge >= 0.3 is 5.69 Å². The van der Waals surface area contributed by atoms with Gasteiger partial charge in [0.2, 0.25) is 0 Å². The minimum atomic E-state index is -3.30. The lowest BCUT2D eigenvalue weighted by Crippen LogP contribution is -2.38. The molecule has 1 saturated heterocycles. The van der Waals surface area contributed by atoms with Gasteiger partial charge in [-0.2, -0.15) is 10.2 Å². The number of hydrogen-bond acceptors (Lipinski definition) is 12. The van der Waals surface area contributed by atoms with Gasteiger partial charge in [-0.25, -0.2) is 4.79 Å². The quantitative estimate of drug-likeness (QED) is 0.0481. The molecule has 6 rings (SSSR count). The van der Waals surface area contributed by atoms with Gasteiger partial charge in [0, 0.05) is 18.2 Å². The summed E-state index contributed by atoms with van der Waals surface area (Å²) >= 11 is 11.2. The third kappa shape index (κ3) is 9.52. The molecule has 284 valence electrons. The number of rotatable bonds is 16. The zero-order chi connectivity index (χ0) is 38.8. The molecule has 1 amide bonds. The Morgan fingerprint density at radius 3 is 2.09 bits per heavy atom. The summed E-state index contributed by atoms with van der Waals surface area (Å²) in [6, 6.07) is 37.1. The first-order chi connectivity index (χ1) is 26.7. The number of nitrogens with one attached hydrogen (secondary N) is 1. The van der Waals surface area contributed by atoms with Gasteiger partial charge in [0.25, 0.3) is 5.91 Å². The van der Waals surface area contributed by atoms with Crippen molar-refractivity contribution in [3.63, 3.8) is 0 Å². The van der Waals surface area contributed by atoms with E-state index in [2.05, 4.69) is 10.3 Å². The fourth-order valence-corrected chi connectivity index (χ4v) is 8.33. The van der Waals surface area contributed by atoms with Crippen LogP contribution in [0, 0.1) is 11.3 Å². The molecule has 2 heterocycles. The Morgan fingerprint density at radius 2 is 1.53 bits per heavy atom. The van der Waals surface area contributed by atoms with E-state index < -0.39 is 41.3 Å². The topological polar surface area (TPSA) is 143 Å². The lowest BCUT2D eigenvalue weighted by atomic mass is 9.80. The Kier molecular flexibility index (Phi) is 13.2. The smallest absolute Gasteiger partial charge is 0.351 e. The van der Waals surface area contributed by atoms with Crippen LogP contribution in [0.2, 0.25) is 0 Å². The number of nitriles is 1. The number of hydrogen-bond donors (Lipinski definition) is 1. The monoisotopic (exact) mass is 797 g/mol. The van der Waals surface area contributed by atoms with E-state index in [1.54, 1.807) is 44.6 Å². The first kappa shape index (κ1) is 39.8. The van der Waals surface area contributed by atoms with Crippen molar-refractivity contribution in [1.29, 1.82) is 5.26 Å². The number of aromatic nitrogens is 2. The minimum absolute atomic E-state index is 0.0149. The van der Waals surface area contributed by atoms with Crippen molar-refractivity contribution in [2.75, 3.05) is 32.8 Å². The van der Waals surface area contributed by atoms with E-state index in [-0.39, 0.29) is 31.9 Å². The third-order valence-electron chi connectivity index (χ3n) is 8.96. The van der Waals surface area contributed by atoms with Crippen molar-refractivity contribution in [1.82, 2.24) is 9.55 Å². The van der Waals surface area contributed by atoms with Gasteiger partial charge < -0.3 is 45.6 Å². The van der Waals surface area contributed by atoms with E-state index in [0.29, 0.717) is 17.1 Å². The molecule has 5 aromatic rings. The van der Waals surface area contributed by atoms with Crippen LogP contribution < -0.4 is 20.5 Å². The number of carbonyl (C=O) groups is 1. The van der Waals surface area contributed by atoms with E-state index in [9.17, 15) is 9.59 Å². The molecule has 12 nitrogen and oxygen atoms in total. The highest BCUT2D eigenvalue weighted by Gasteiger charge is 2.43. The summed E-state index contributed by atoms with van der Waals surface area (Å²) in [5.74, 6) is 1.02. The zero-order valence-corrected chi connectivity index (χ0v) is 32.5. The highest BCUT2D eigenvalue weighted by molar-refractivity contribution is 8.51. The summed E-state index contributed by atoms with van der Waals surface area (Å²) in [6.45, 7) is -0.0363. The average Bonchev–Trinajstić information content (AvgIpc) is 3.60. The number of nitrogens with zero attached hydrogens (tertiary/aromatic N) is 3. The summed E-state index contributed by atoms with van der Waals surface area (Å²) in [5, 5.41) is 11.7. The van der Waals surface area contributed by atoms with Crippen LogP contribution in [0.1, 0.15) is 46.1 Å². The highest BCUT2D eigenvalue weighted by atomic mass is 32.9. The van der Waals surface area contributed by atoms with Crippen molar-refractivity contribution >= 4 is 41.5 Å². The van der Waals surface area contributed by atoms with Crippen LogP contribution in [-0.2, 0) is 48.2 Å². The second-order valence-electron chi connectivity index (χ2n) is 12.3. The molecule has 0 saturated carbocycles. The maximum Gasteiger partial charge on any atom is 0.351 e. The van der Waals surface area contributed by atoms with Crippen molar-refractivity contribution in [2.24, 2.45) is 0 Å². The molecule has 1 aromatic heterocycles. The predicted octanol–water partition coefficient (Wildman–Crippen LogP) is 6.90. The largest absolute Gasteiger partial charge is 0.691 e. The van der Waals surface area contributed by atoms with Crippen molar-refractivity contribution in [3.8, 4) is 17.6 Å². The van der Waals surface area contributed by atoms with E-state index in [0.717, 1.165) is 16.7 Å². The Balaban J connectivity index is 1.34. The van der Waals surface area contributed by atoms with Gasteiger partial charge in [0.05, 0.1) is 51.7 Å². The van der Waals surface area contributed by atoms with Crippen LogP contribution in [0.3, 0.4) is 0 Å². The second kappa shape index (κ2) is 18.2. The summed E-state index contributed by atoms with van der Waals surface area (Å²) in [5.41, 5.74) is -2.27. The molecule has 0 spiro atoms. The molecule has 1 N–H and O–H groups in total.